The third-order valence-electron chi connectivity index (χ3n) is 3.92. The number of anilines is 1. The molecule has 1 fully saturated rings. The molecule has 1 saturated carbocycles. The number of hydrogen-bond acceptors (Lipinski definition) is 4. The molecule has 0 atom stereocenters. The Labute approximate surface area is 140 Å². The van der Waals surface area contributed by atoms with Gasteiger partial charge in [-0.05, 0) is 42.0 Å². The number of nitrogens with two attached hydrogens (primary N) is 2. The summed E-state index contributed by atoms with van der Waals surface area (Å²) in [6.07, 6.45) is 2.57. The SMILES string of the molecule is NNC(=O)N(N)c1ccccc1SCc1ccccc1C1CC1. The molecule has 5 N–H and O–H groups in total. The molecule has 0 radical (unpaired) electrons. The van der Waals surface area contributed by atoms with Crippen LogP contribution in [0.25, 0.3) is 0 Å². The molecule has 0 unspecified atom stereocenters. The van der Waals surface area contributed by atoms with Crippen molar-refractivity contribution in [3.05, 3.63) is 59.7 Å². The van der Waals surface area contributed by atoms with Crippen LogP contribution >= 0.6 is 11.8 Å². The summed E-state index contributed by atoms with van der Waals surface area (Å²) in [6, 6.07) is 15.6. The number of carbonyl (C=O) groups excluding carboxylic acids is 1. The quantitative estimate of drug-likeness (QED) is 0.341. The predicted molar refractivity (Wildman–Crippen MR) is 93.8 cm³/mol. The lowest BCUT2D eigenvalue weighted by atomic mass is 10.1. The first kappa shape index (κ1) is 15.9. The van der Waals surface area contributed by atoms with Gasteiger partial charge >= 0.3 is 6.03 Å². The van der Waals surface area contributed by atoms with Crippen LogP contribution in [0.1, 0.15) is 29.9 Å². The van der Waals surface area contributed by atoms with Gasteiger partial charge in [-0.2, -0.15) is 0 Å². The van der Waals surface area contributed by atoms with E-state index in [9.17, 15) is 4.79 Å². The number of amides is 2. The lowest BCUT2D eigenvalue weighted by Gasteiger charge is -2.19. The van der Waals surface area contributed by atoms with E-state index in [1.54, 1.807) is 11.8 Å². The molecule has 2 aromatic carbocycles. The number of carbonyl (C=O) groups is 1. The molecular weight excluding hydrogens is 308 g/mol. The standard InChI is InChI=1S/C17H20N4OS/c18-20-17(22)21(19)15-7-3-4-8-16(15)23-11-13-5-1-2-6-14(13)12-9-10-12/h1-8,12H,9-11,18-19H2,(H,20,22). The van der Waals surface area contributed by atoms with Gasteiger partial charge in [0.25, 0.3) is 0 Å². The van der Waals surface area contributed by atoms with Crippen molar-refractivity contribution in [1.29, 1.82) is 0 Å². The highest BCUT2D eigenvalue weighted by molar-refractivity contribution is 7.98. The number of hydrogen-bond donors (Lipinski definition) is 3. The number of nitrogens with one attached hydrogen (secondary N) is 1. The smallest absolute Gasteiger partial charge is 0.274 e. The first-order valence-electron chi connectivity index (χ1n) is 7.55. The Hall–Kier alpha value is -2.02. The molecular formula is C17H20N4OS. The molecule has 3 rings (SSSR count). The van der Waals surface area contributed by atoms with Crippen LogP contribution in [-0.2, 0) is 5.75 Å². The van der Waals surface area contributed by atoms with Gasteiger partial charge in [-0.1, -0.05) is 36.4 Å². The molecule has 0 spiro atoms. The second-order valence-electron chi connectivity index (χ2n) is 5.55. The van der Waals surface area contributed by atoms with Crippen LogP contribution in [0.3, 0.4) is 0 Å². The Morgan fingerprint density at radius 3 is 2.61 bits per heavy atom. The number of benzene rings is 2. The second-order valence-corrected chi connectivity index (χ2v) is 6.57. The summed E-state index contributed by atoms with van der Waals surface area (Å²) >= 11 is 1.67. The van der Waals surface area contributed by atoms with Crippen LogP contribution in [0.4, 0.5) is 10.5 Å². The normalized spacial score (nSPS) is 13.7. The maximum absolute atomic E-state index is 11.6. The van der Waals surface area contributed by atoms with Crippen LogP contribution in [0.15, 0.2) is 53.4 Å². The number of urea groups is 1. The third kappa shape index (κ3) is 3.67. The van der Waals surface area contributed by atoms with Gasteiger partial charge in [-0.3, -0.25) is 5.43 Å². The molecule has 120 valence electrons. The van der Waals surface area contributed by atoms with E-state index in [-0.39, 0.29) is 0 Å². The van der Waals surface area contributed by atoms with Crippen molar-refractivity contribution in [3.63, 3.8) is 0 Å². The summed E-state index contributed by atoms with van der Waals surface area (Å²) in [5.41, 5.74) is 5.49. The average Bonchev–Trinajstić information content (AvgIpc) is 3.44. The Morgan fingerprint density at radius 2 is 1.87 bits per heavy atom. The van der Waals surface area contributed by atoms with Gasteiger partial charge in [-0.15, -0.1) is 11.8 Å². The van der Waals surface area contributed by atoms with Crippen molar-refractivity contribution in [2.75, 3.05) is 5.01 Å². The van der Waals surface area contributed by atoms with Gasteiger partial charge in [0.15, 0.2) is 0 Å². The minimum absolute atomic E-state index is 0.545. The number of thioether (sulfide) groups is 1. The van der Waals surface area contributed by atoms with Gasteiger partial charge < -0.3 is 0 Å². The first-order chi connectivity index (χ1) is 11.2. The Kier molecular flexibility index (Phi) is 4.85. The highest BCUT2D eigenvalue weighted by Gasteiger charge is 2.25. The van der Waals surface area contributed by atoms with E-state index in [1.165, 1.54) is 24.0 Å². The summed E-state index contributed by atoms with van der Waals surface area (Å²) in [7, 11) is 0. The lowest BCUT2D eigenvalue weighted by molar-refractivity contribution is 0.246. The van der Waals surface area contributed by atoms with Gasteiger partial charge in [0.1, 0.15) is 0 Å². The van der Waals surface area contributed by atoms with Crippen LogP contribution in [0.2, 0.25) is 0 Å². The van der Waals surface area contributed by atoms with Gasteiger partial charge in [-0.25, -0.2) is 21.5 Å². The molecule has 1 aliphatic carbocycles. The maximum Gasteiger partial charge on any atom is 0.350 e. The fourth-order valence-corrected chi connectivity index (χ4v) is 3.63. The predicted octanol–water partition coefficient (Wildman–Crippen LogP) is 3.12. The van der Waals surface area contributed by atoms with Crippen molar-refractivity contribution >= 4 is 23.5 Å². The molecule has 2 aromatic rings. The van der Waals surface area contributed by atoms with E-state index in [1.807, 2.05) is 29.7 Å². The third-order valence-corrected chi connectivity index (χ3v) is 5.03. The highest BCUT2D eigenvalue weighted by atomic mass is 32.2. The van der Waals surface area contributed by atoms with Crippen molar-refractivity contribution < 1.29 is 4.79 Å². The van der Waals surface area contributed by atoms with Gasteiger partial charge in [0.2, 0.25) is 0 Å². The van der Waals surface area contributed by atoms with E-state index in [0.717, 1.165) is 21.6 Å². The van der Waals surface area contributed by atoms with E-state index in [2.05, 4.69) is 24.3 Å². The molecule has 0 aromatic heterocycles. The molecule has 6 heteroatoms. The molecule has 0 saturated heterocycles. The van der Waals surface area contributed by atoms with E-state index < -0.39 is 6.03 Å². The number of para-hydroxylation sites is 1. The minimum Gasteiger partial charge on any atom is -0.274 e. The Morgan fingerprint density at radius 1 is 1.17 bits per heavy atom. The summed E-state index contributed by atoms with van der Waals surface area (Å²) < 4.78 is 0. The molecule has 2 amide bonds. The fourth-order valence-electron chi connectivity index (χ4n) is 2.57. The first-order valence-corrected chi connectivity index (χ1v) is 8.54. The van der Waals surface area contributed by atoms with Crippen molar-refractivity contribution in [3.8, 4) is 0 Å². The molecule has 0 bridgehead atoms. The zero-order chi connectivity index (χ0) is 16.2. The molecule has 1 aliphatic rings. The van der Waals surface area contributed by atoms with Crippen molar-refractivity contribution in [1.82, 2.24) is 5.43 Å². The largest absolute Gasteiger partial charge is 0.350 e. The van der Waals surface area contributed by atoms with Crippen LogP contribution in [0, 0.1) is 0 Å². The van der Waals surface area contributed by atoms with Crippen LogP contribution in [-0.4, -0.2) is 6.03 Å². The fraction of sp³-hybridized carbons (Fsp3) is 0.235. The van der Waals surface area contributed by atoms with Crippen LogP contribution in [0.5, 0.6) is 0 Å². The van der Waals surface area contributed by atoms with Gasteiger partial charge in [0, 0.05) is 10.6 Å². The monoisotopic (exact) mass is 328 g/mol. The van der Waals surface area contributed by atoms with E-state index in [4.69, 9.17) is 11.7 Å². The summed E-state index contributed by atoms with van der Waals surface area (Å²) in [5.74, 6) is 12.6. The van der Waals surface area contributed by atoms with Crippen LogP contribution < -0.4 is 22.1 Å². The van der Waals surface area contributed by atoms with Gasteiger partial charge in [0.05, 0.1) is 5.69 Å². The lowest BCUT2D eigenvalue weighted by Crippen LogP contribution is -2.47. The maximum atomic E-state index is 11.6. The zero-order valence-corrected chi connectivity index (χ0v) is 13.6. The highest BCUT2D eigenvalue weighted by Crippen LogP contribution is 2.43. The van der Waals surface area contributed by atoms with Crippen molar-refractivity contribution in [2.45, 2.75) is 29.4 Å². The zero-order valence-electron chi connectivity index (χ0n) is 12.7. The summed E-state index contributed by atoms with van der Waals surface area (Å²) in [5, 5.41) is 1.04. The summed E-state index contributed by atoms with van der Waals surface area (Å²) in [6.45, 7) is 0. The Balaban J connectivity index is 1.77. The molecule has 23 heavy (non-hydrogen) atoms. The average molecular weight is 328 g/mol. The Bertz CT molecular complexity index is 702. The molecule has 0 heterocycles. The van der Waals surface area contributed by atoms with E-state index >= 15 is 0 Å². The molecule has 0 aliphatic heterocycles. The van der Waals surface area contributed by atoms with Crippen molar-refractivity contribution in [2.24, 2.45) is 11.7 Å². The summed E-state index contributed by atoms with van der Waals surface area (Å²) in [4.78, 5) is 12.6. The molecule has 5 nitrogen and oxygen atoms in total. The number of rotatable bonds is 5. The topological polar surface area (TPSA) is 84.4 Å². The number of hydrazine groups is 2. The number of nitrogens with zero attached hydrogens (tertiary/aromatic N) is 1. The second kappa shape index (κ2) is 7.04. The van der Waals surface area contributed by atoms with E-state index in [0.29, 0.717) is 5.69 Å². The minimum atomic E-state index is -0.545.